The summed E-state index contributed by atoms with van der Waals surface area (Å²) in [7, 11) is 0. The van der Waals surface area contributed by atoms with Gasteiger partial charge in [-0.1, -0.05) is 24.8 Å². The first-order valence-corrected chi connectivity index (χ1v) is 4.70. The van der Waals surface area contributed by atoms with Crippen molar-refractivity contribution in [1.29, 1.82) is 0 Å². The summed E-state index contributed by atoms with van der Waals surface area (Å²) in [6, 6.07) is 6.68. The van der Waals surface area contributed by atoms with Gasteiger partial charge in [-0.15, -0.1) is 35.6 Å². The lowest BCUT2D eigenvalue weighted by Gasteiger charge is -2.05. The summed E-state index contributed by atoms with van der Waals surface area (Å²) >= 11 is 11.3. The molecule has 0 saturated heterocycles. The largest absolute Gasteiger partial charge is 0.478 e. The molecule has 0 saturated carbocycles. The van der Waals surface area contributed by atoms with E-state index in [2.05, 4.69) is 6.58 Å². The molecule has 82 valence electrons. The Bertz CT molecular complexity index is 375. The Labute approximate surface area is 104 Å². The van der Waals surface area contributed by atoms with Gasteiger partial charge in [-0.2, -0.15) is 0 Å². The van der Waals surface area contributed by atoms with E-state index in [0.29, 0.717) is 11.1 Å². The van der Waals surface area contributed by atoms with Gasteiger partial charge >= 0.3 is 5.97 Å². The second-order valence-corrected chi connectivity index (χ2v) is 3.81. The van der Waals surface area contributed by atoms with E-state index in [-0.39, 0.29) is 18.0 Å². The number of carboxylic acid groups (broad SMARTS) is 1. The zero-order chi connectivity index (χ0) is 10.7. The summed E-state index contributed by atoms with van der Waals surface area (Å²) in [5.74, 6) is -1.05. The molecule has 0 fully saturated rings. The minimum Gasteiger partial charge on any atom is -0.478 e. The van der Waals surface area contributed by atoms with Crippen molar-refractivity contribution < 1.29 is 9.90 Å². The number of rotatable bonds is 3. The van der Waals surface area contributed by atoms with E-state index in [1.165, 1.54) is 0 Å². The SMILES string of the molecule is C=C(C(=O)O)c1cccc(C(Cl)Cl)c1.Cl. The van der Waals surface area contributed by atoms with E-state index < -0.39 is 10.8 Å². The van der Waals surface area contributed by atoms with Crippen molar-refractivity contribution in [3.8, 4) is 0 Å². The molecule has 1 rings (SSSR count). The maximum Gasteiger partial charge on any atom is 0.335 e. The Balaban J connectivity index is 0.00000196. The van der Waals surface area contributed by atoms with Gasteiger partial charge in [-0.05, 0) is 17.2 Å². The van der Waals surface area contributed by atoms with Crippen LogP contribution in [0.3, 0.4) is 0 Å². The van der Waals surface area contributed by atoms with Crippen molar-refractivity contribution in [2.24, 2.45) is 0 Å². The molecule has 0 atom stereocenters. The standard InChI is InChI=1S/C10H8Cl2O2.ClH/c1-6(10(13)14)7-3-2-4-8(5-7)9(11)12;/h2-5,9H,1H2,(H,13,14);1H. The van der Waals surface area contributed by atoms with E-state index in [1.54, 1.807) is 24.3 Å². The van der Waals surface area contributed by atoms with Gasteiger partial charge in [0.2, 0.25) is 0 Å². The third-order valence-corrected chi connectivity index (χ3v) is 2.25. The molecule has 0 radical (unpaired) electrons. The summed E-state index contributed by atoms with van der Waals surface area (Å²) in [4.78, 5) is 9.96. The van der Waals surface area contributed by atoms with E-state index >= 15 is 0 Å². The molecular formula is C10H9Cl3O2. The van der Waals surface area contributed by atoms with Crippen molar-refractivity contribution >= 4 is 47.2 Å². The minimum atomic E-state index is -1.05. The molecule has 1 aromatic carbocycles. The molecule has 0 aliphatic carbocycles. The number of benzene rings is 1. The van der Waals surface area contributed by atoms with Crippen LogP contribution < -0.4 is 0 Å². The number of hydrogen-bond acceptors (Lipinski definition) is 1. The van der Waals surface area contributed by atoms with Crippen LogP contribution in [0.1, 0.15) is 16.0 Å². The number of carbonyl (C=O) groups is 1. The van der Waals surface area contributed by atoms with Gasteiger partial charge in [0, 0.05) is 0 Å². The number of halogens is 3. The molecule has 0 heterocycles. The van der Waals surface area contributed by atoms with Gasteiger partial charge in [0.15, 0.2) is 0 Å². The highest BCUT2D eigenvalue weighted by molar-refractivity contribution is 6.44. The van der Waals surface area contributed by atoms with Gasteiger partial charge in [0.05, 0.1) is 5.57 Å². The molecule has 2 nitrogen and oxygen atoms in total. The molecule has 0 aromatic heterocycles. The Morgan fingerprint density at radius 2 is 2.00 bits per heavy atom. The molecule has 0 unspecified atom stereocenters. The van der Waals surface area contributed by atoms with Crippen molar-refractivity contribution in [2.45, 2.75) is 4.84 Å². The summed E-state index contributed by atoms with van der Waals surface area (Å²) in [6.45, 7) is 3.44. The third kappa shape index (κ3) is 3.74. The van der Waals surface area contributed by atoms with Crippen LogP contribution in [0, 0.1) is 0 Å². The van der Waals surface area contributed by atoms with Crippen LogP contribution in [0.25, 0.3) is 5.57 Å². The molecule has 5 heteroatoms. The second-order valence-electron chi connectivity index (χ2n) is 2.71. The molecule has 0 bridgehead atoms. The van der Waals surface area contributed by atoms with Crippen LogP contribution in [-0.4, -0.2) is 11.1 Å². The third-order valence-electron chi connectivity index (χ3n) is 1.75. The lowest BCUT2D eigenvalue weighted by atomic mass is 10.1. The van der Waals surface area contributed by atoms with E-state index in [0.717, 1.165) is 0 Å². The van der Waals surface area contributed by atoms with Crippen LogP contribution in [0.2, 0.25) is 0 Å². The highest BCUT2D eigenvalue weighted by Gasteiger charge is 2.09. The number of aliphatic carboxylic acids is 1. The van der Waals surface area contributed by atoms with Crippen LogP contribution in [-0.2, 0) is 4.79 Å². The number of alkyl halides is 2. The zero-order valence-electron chi connectivity index (χ0n) is 7.61. The Morgan fingerprint density at radius 3 is 2.47 bits per heavy atom. The van der Waals surface area contributed by atoms with Crippen LogP contribution in [0.4, 0.5) is 0 Å². The highest BCUT2D eigenvalue weighted by atomic mass is 35.5. The fourth-order valence-corrected chi connectivity index (χ4v) is 1.26. The fraction of sp³-hybridized carbons (Fsp3) is 0.100. The topological polar surface area (TPSA) is 37.3 Å². The van der Waals surface area contributed by atoms with Gasteiger partial charge in [0.1, 0.15) is 4.84 Å². The number of hydrogen-bond donors (Lipinski definition) is 1. The summed E-state index contributed by atoms with van der Waals surface area (Å²) < 4.78 is 0. The van der Waals surface area contributed by atoms with E-state index in [9.17, 15) is 4.79 Å². The van der Waals surface area contributed by atoms with Gasteiger partial charge in [0.25, 0.3) is 0 Å². The predicted octanol–water partition coefficient (Wildman–Crippen LogP) is 3.68. The van der Waals surface area contributed by atoms with E-state index in [4.69, 9.17) is 28.3 Å². The fourth-order valence-electron chi connectivity index (χ4n) is 0.986. The Morgan fingerprint density at radius 1 is 1.40 bits per heavy atom. The quantitative estimate of drug-likeness (QED) is 0.670. The average Bonchev–Trinajstić information content (AvgIpc) is 2.16. The molecule has 15 heavy (non-hydrogen) atoms. The van der Waals surface area contributed by atoms with Crippen LogP contribution in [0.15, 0.2) is 30.8 Å². The predicted molar refractivity (Wildman–Crippen MR) is 64.8 cm³/mol. The summed E-state index contributed by atoms with van der Waals surface area (Å²) in [5, 5.41) is 8.70. The molecule has 1 N–H and O–H groups in total. The van der Waals surface area contributed by atoms with Crippen molar-refractivity contribution in [3.05, 3.63) is 42.0 Å². The van der Waals surface area contributed by atoms with Crippen LogP contribution in [0.5, 0.6) is 0 Å². The van der Waals surface area contributed by atoms with Gasteiger partial charge < -0.3 is 5.11 Å². The monoisotopic (exact) mass is 266 g/mol. The molecule has 0 aliphatic rings. The molecule has 0 amide bonds. The highest BCUT2D eigenvalue weighted by Crippen LogP contribution is 2.26. The minimum absolute atomic E-state index is 0. The van der Waals surface area contributed by atoms with Crippen molar-refractivity contribution in [3.63, 3.8) is 0 Å². The maximum atomic E-state index is 10.6. The van der Waals surface area contributed by atoms with E-state index in [1.807, 2.05) is 0 Å². The first-order valence-electron chi connectivity index (χ1n) is 3.83. The van der Waals surface area contributed by atoms with Crippen molar-refractivity contribution in [2.75, 3.05) is 0 Å². The van der Waals surface area contributed by atoms with Crippen molar-refractivity contribution in [1.82, 2.24) is 0 Å². The Kier molecular flexibility index (Phi) is 5.73. The normalized spacial score (nSPS) is 9.53. The molecule has 1 aromatic rings. The lowest BCUT2D eigenvalue weighted by Crippen LogP contribution is -1.98. The number of carboxylic acids is 1. The lowest BCUT2D eigenvalue weighted by molar-refractivity contribution is -0.130. The molecule has 0 aliphatic heterocycles. The molecular weight excluding hydrogens is 258 g/mol. The van der Waals surface area contributed by atoms with Gasteiger partial charge in [-0.25, -0.2) is 4.79 Å². The average molecular weight is 268 g/mol. The smallest absolute Gasteiger partial charge is 0.335 e. The second kappa shape index (κ2) is 6.01. The first kappa shape index (κ1) is 14.3. The van der Waals surface area contributed by atoms with Crippen LogP contribution >= 0.6 is 35.6 Å². The molecule has 0 spiro atoms. The Hall–Kier alpha value is -0.700. The summed E-state index contributed by atoms with van der Waals surface area (Å²) in [5.41, 5.74) is 1.20. The van der Waals surface area contributed by atoms with Gasteiger partial charge in [-0.3, -0.25) is 0 Å². The zero-order valence-corrected chi connectivity index (χ0v) is 9.94. The summed E-state index contributed by atoms with van der Waals surface area (Å²) in [6.07, 6.45) is 0. The first-order chi connectivity index (χ1) is 6.52. The maximum absolute atomic E-state index is 10.6.